The second-order valence-corrected chi connectivity index (χ2v) is 5.65. The Morgan fingerprint density at radius 2 is 1.96 bits per heavy atom. The first kappa shape index (κ1) is 17.9. The average Bonchev–Trinajstić information content (AvgIpc) is 3.05. The van der Waals surface area contributed by atoms with Crippen LogP contribution in [-0.2, 0) is 16.0 Å². The molecule has 1 N–H and O–H groups in total. The summed E-state index contributed by atoms with van der Waals surface area (Å²) in [5, 5.41) is 6.54. The lowest BCUT2D eigenvalue weighted by atomic mass is 10.2. The van der Waals surface area contributed by atoms with E-state index in [1.165, 1.54) is 6.92 Å². The van der Waals surface area contributed by atoms with E-state index in [1.54, 1.807) is 24.3 Å². The third-order valence-corrected chi connectivity index (χ3v) is 3.91. The van der Waals surface area contributed by atoms with Crippen LogP contribution in [0.25, 0.3) is 0 Å². The molecule has 1 amide bonds. The number of aryl methyl sites for hydroxylation is 1. The first-order valence-electron chi connectivity index (χ1n) is 7.61. The maximum absolute atomic E-state index is 12.1. The molecule has 0 saturated heterocycles. The van der Waals surface area contributed by atoms with Crippen LogP contribution >= 0.6 is 11.5 Å². The van der Waals surface area contributed by atoms with Gasteiger partial charge in [0, 0.05) is 5.69 Å². The number of hydrogen-bond acceptors (Lipinski definition) is 7. The van der Waals surface area contributed by atoms with Crippen LogP contribution in [0.5, 0.6) is 5.75 Å². The van der Waals surface area contributed by atoms with Gasteiger partial charge in [0.1, 0.15) is 5.75 Å². The fourth-order valence-electron chi connectivity index (χ4n) is 1.91. The third-order valence-electron chi connectivity index (χ3n) is 3.16. The number of anilines is 1. The highest BCUT2D eigenvalue weighted by molar-refractivity contribution is 7.07. The number of nitrogens with zero attached hydrogens (tertiary/aromatic N) is 2. The predicted molar refractivity (Wildman–Crippen MR) is 90.4 cm³/mol. The number of aromatic nitrogens is 2. The topological polar surface area (TPSA) is 90.4 Å². The van der Waals surface area contributed by atoms with Gasteiger partial charge in [0.15, 0.2) is 11.0 Å². The van der Waals surface area contributed by atoms with E-state index >= 15 is 0 Å². The first-order chi connectivity index (χ1) is 11.5. The Morgan fingerprint density at radius 1 is 1.25 bits per heavy atom. The van der Waals surface area contributed by atoms with Crippen LogP contribution in [0.2, 0.25) is 0 Å². The Balaban J connectivity index is 1.93. The molecule has 0 bridgehead atoms. The number of nitrogens with one attached hydrogen (secondary N) is 1. The quantitative estimate of drug-likeness (QED) is 0.773. The summed E-state index contributed by atoms with van der Waals surface area (Å²) in [6.45, 7) is 5.86. The molecule has 2 rings (SSSR count). The molecule has 2 aromatic rings. The zero-order valence-corrected chi connectivity index (χ0v) is 14.6. The van der Waals surface area contributed by atoms with Crippen LogP contribution in [0.4, 0.5) is 5.69 Å². The van der Waals surface area contributed by atoms with Crippen LogP contribution in [0, 0.1) is 0 Å². The summed E-state index contributed by atoms with van der Waals surface area (Å²) in [6.07, 6.45) is -0.357. The highest BCUT2D eigenvalue weighted by Gasteiger charge is 2.23. The minimum Gasteiger partial charge on any atom is -0.494 e. The molecule has 1 aromatic carbocycles. The van der Waals surface area contributed by atoms with Crippen molar-refractivity contribution >= 4 is 29.1 Å². The van der Waals surface area contributed by atoms with Crippen molar-refractivity contribution < 1.29 is 19.1 Å². The molecule has 0 saturated carbocycles. The van der Waals surface area contributed by atoms with Gasteiger partial charge in [-0.2, -0.15) is 0 Å². The minimum absolute atomic E-state index is 0.332. The Hall–Kier alpha value is -2.48. The van der Waals surface area contributed by atoms with Crippen LogP contribution in [0.15, 0.2) is 24.3 Å². The third kappa shape index (κ3) is 4.51. The fraction of sp³-hybridized carbons (Fsp3) is 0.375. The van der Waals surface area contributed by atoms with Crippen molar-refractivity contribution in [3.05, 3.63) is 34.8 Å². The van der Waals surface area contributed by atoms with Gasteiger partial charge in [-0.05, 0) is 56.1 Å². The standard InChI is InChI=1S/C16H19N3O4S/c1-4-13-14(24-19-18-13)16(21)23-10(3)15(20)17-11-6-8-12(9-7-11)22-5-2/h6-10H,4-5H2,1-3H3,(H,17,20)/t10-/m0/s1. The SMILES string of the molecule is CCOc1ccc(NC(=O)[C@H](C)OC(=O)c2snnc2CC)cc1. The van der Waals surface area contributed by atoms with Crippen molar-refractivity contribution in [2.24, 2.45) is 0 Å². The molecule has 0 aliphatic heterocycles. The smallest absolute Gasteiger partial charge is 0.352 e. The van der Waals surface area contributed by atoms with Gasteiger partial charge in [-0.3, -0.25) is 4.79 Å². The number of rotatable bonds is 7. The molecule has 1 atom stereocenters. The summed E-state index contributed by atoms with van der Waals surface area (Å²) in [5.74, 6) is -0.279. The van der Waals surface area contributed by atoms with Crippen LogP contribution in [0.1, 0.15) is 36.1 Å². The van der Waals surface area contributed by atoms with Gasteiger partial charge in [0.05, 0.1) is 12.3 Å². The molecular weight excluding hydrogens is 330 g/mol. The summed E-state index contributed by atoms with van der Waals surface area (Å²) < 4.78 is 14.3. The average molecular weight is 349 g/mol. The lowest BCUT2D eigenvalue weighted by molar-refractivity contribution is -0.123. The zero-order valence-electron chi connectivity index (χ0n) is 13.7. The number of amides is 1. The van der Waals surface area contributed by atoms with E-state index in [1.807, 2.05) is 13.8 Å². The van der Waals surface area contributed by atoms with Gasteiger partial charge in [-0.25, -0.2) is 4.79 Å². The van der Waals surface area contributed by atoms with Crippen molar-refractivity contribution in [3.63, 3.8) is 0 Å². The predicted octanol–water partition coefficient (Wildman–Crippen LogP) is 2.68. The molecular formula is C16H19N3O4S. The zero-order chi connectivity index (χ0) is 17.5. The number of carbonyl (C=O) groups is 2. The van der Waals surface area contributed by atoms with Gasteiger partial charge in [-0.15, -0.1) is 5.10 Å². The van der Waals surface area contributed by atoms with Gasteiger partial charge in [0.25, 0.3) is 5.91 Å². The summed E-state index contributed by atoms with van der Waals surface area (Å²) in [4.78, 5) is 24.5. The first-order valence-corrected chi connectivity index (χ1v) is 8.38. The van der Waals surface area contributed by atoms with E-state index in [0.717, 1.165) is 17.3 Å². The molecule has 0 aliphatic carbocycles. The molecule has 0 radical (unpaired) electrons. The molecule has 7 nitrogen and oxygen atoms in total. The number of esters is 1. The molecule has 0 spiro atoms. The molecule has 8 heteroatoms. The Bertz CT molecular complexity index is 700. The van der Waals surface area contributed by atoms with Gasteiger partial charge >= 0.3 is 5.97 Å². The van der Waals surface area contributed by atoms with E-state index in [-0.39, 0.29) is 0 Å². The highest BCUT2D eigenvalue weighted by atomic mass is 32.1. The highest BCUT2D eigenvalue weighted by Crippen LogP contribution is 2.17. The van der Waals surface area contributed by atoms with Crippen LogP contribution in [-0.4, -0.2) is 34.2 Å². The van der Waals surface area contributed by atoms with Crippen LogP contribution in [0.3, 0.4) is 0 Å². The van der Waals surface area contributed by atoms with E-state index in [0.29, 0.717) is 29.3 Å². The van der Waals surface area contributed by atoms with Crippen molar-refractivity contribution in [3.8, 4) is 5.75 Å². The molecule has 1 heterocycles. The van der Waals surface area contributed by atoms with E-state index in [9.17, 15) is 9.59 Å². The Morgan fingerprint density at radius 3 is 2.58 bits per heavy atom. The van der Waals surface area contributed by atoms with Crippen molar-refractivity contribution in [2.45, 2.75) is 33.3 Å². The second kappa shape index (κ2) is 8.39. The fourth-order valence-corrected chi connectivity index (χ4v) is 2.54. The molecule has 0 aliphatic rings. The summed E-state index contributed by atoms with van der Waals surface area (Å²) >= 11 is 0.965. The van der Waals surface area contributed by atoms with Crippen molar-refractivity contribution in [2.75, 3.05) is 11.9 Å². The van der Waals surface area contributed by atoms with Crippen molar-refractivity contribution in [1.82, 2.24) is 9.59 Å². The Kier molecular flexibility index (Phi) is 6.25. The minimum atomic E-state index is -0.934. The molecule has 128 valence electrons. The number of benzene rings is 1. The maximum Gasteiger partial charge on any atom is 0.352 e. The number of carbonyl (C=O) groups excluding carboxylic acids is 2. The monoisotopic (exact) mass is 349 g/mol. The largest absolute Gasteiger partial charge is 0.494 e. The molecule has 1 aromatic heterocycles. The van der Waals surface area contributed by atoms with E-state index < -0.39 is 18.0 Å². The van der Waals surface area contributed by atoms with E-state index in [2.05, 4.69) is 14.9 Å². The molecule has 0 fully saturated rings. The molecule has 24 heavy (non-hydrogen) atoms. The second-order valence-electron chi connectivity index (χ2n) is 4.90. The lowest BCUT2D eigenvalue weighted by Crippen LogP contribution is -2.30. The lowest BCUT2D eigenvalue weighted by Gasteiger charge is -2.13. The maximum atomic E-state index is 12.1. The van der Waals surface area contributed by atoms with Gasteiger partial charge < -0.3 is 14.8 Å². The number of hydrogen-bond donors (Lipinski definition) is 1. The summed E-state index contributed by atoms with van der Waals surface area (Å²) in [5.41, 5.74) is 1.17. The van der Waals surface area contributed by atoms with Gasteiger partial charge in [0.2, 0.25) is 0 Å². The summed E-state index contributed by atoms with van der Waals surface area (Å²) in [7, 11) is 0. The van der Waals surface area contributed by atoms with Gasteiger partial charge in [-0.1, -0.05) is 11.4 Å². The Labute approximate surface area is 144 Å². The van der Waals surface area contributed by atoms with Crippen LogP contribution < -0.4 is 10.1 Å². The van der Waals surface area contributed by atoms with E-state index in [4.69, 9.17) is 9.47 Å². The normalized spacial score (nSPS) is 11.6. The summed E-state index contributed by atoms with van der Waals surface area (Å²) in [6, 6.07) is 6.96. The number of ether oxygens (including phenoxy) is 2. The molecule has 0 unspecified atom stereocenters. The van der Waals surface area contributed by atoms with Crippen molar-refractivity contribution in [1.29, 1.82) is 0 Å².